The van der Waals surface area contributed by atoms with Gasteiger partial charge in [-0.1, -0.05) is 23.7 Å². The summed E-state index contributed by atoms with van der Waals surface area (Å²) < 4.78 is 4.78. The highest BCUT2D eigenvalue weighted by Gasteiger charge is 2.34. The molecule has 0 spiro atoms. The molecule has 1 N–H and O–H groups in total. The number of carbonyl (C=O) groups is 1. The largest absolute Gasteiger partial charge is 0.468 e. The van der Waals surface area contributed by atoms with Gasteiger partial charge in [-0.05, 0) is 30.7 Å². The van der Waals surface area contributed by atoms with Gasteiger partial charge < -0.3 is 10.1 Å². The summed E-state index contributed by atoms with van der Waals surface area (Å²) in [5, 5.41) is 3.86. The molecule has 1 heterocycles. The molecule has 1 aliphatic rings. The monoisotopic (exact) mass is 239 g/mol. The van der Waals surface area contributed by atoms with Crippen molar-refractivity contribution in [3.8, 4) is 0 Å². The molecule has 2 rings (SSSR count). The number of benzene rings is 1. The Morgan fingerprint density at radius 3 is 3.06 bits per heavy atom. The number of nitrogens with one attached hydrogen (secondary N) is 1. The van der Waals surface area contributed by atoms with Crippen LogP contribution >= 0.6 is 11.6 Å². The lowest BCUT2D eigenvalue weighted by atomic mass is 9.92. The Hall–Kier alpha value is -1.06. The first kappa shape index (κ1) is 11.4. The molecule has 0 saturated carbocycles. The Morgan fingerprint density at radius 1 is 1.56 bits per heavy atom. The molecular weight excluding hydrogens is 226 g/mol. The van der Waals surface area contributed by atoms with Gasteiger partial charge in [0, 0.05) is 10.9 Å². The molecule has 0 radical (unpaired) electrons. The zero-order valence-electron chi connectivity index (χ0n) is 9.07. The van der Waals surface area contributed by atoms with Crippen molar-refractivity contribution in [3.63, 3.8) is 0 Å². The van der Waals surface area contributed by atoms with Crippen LogP contribution in [0.15, 0.2) is 24.3 Å². The highest BCUT2D eigenvalue weighted by Crippen LogP contribution is 2.29. The van der Waals surface area contributed by atoms with Crippen LogP contribution in [-0.2, 0) is 9.53 Å². The van der Waals surface area contributed by atoms with E-state index in [0.717, 1.165) is 18.5 Å². The van der Waals surface area contributed by atoms with Crippen LogP contribution in [0.2, 0.25) is 5.02 Å². The lowest BCUT2D eigenvalue weighted by Gasteiger charge is -2.17. The highest BCUT2D eigenvalue weighted by atomic mass is 35.5. The average Bonchev–Trinajstić information content (AvgIpc) is 2.77. The molecule has 3 nitrogen and oxygen atoms in total. The molecule has 1 fully saturated rings. The van der Waals surface area contributed by atoms with E-state index in [9.17, 15) is 4.79 Å². The molecule has 16 heavy (non-hydrogen) atoms. The topological polar surface area (TPSA) is 38.3 Å². The van der Waals surface area contributed by atoms with Crippen molar-refractivity contribution in [3.05, 3.63) is 34.9 Å². The fourth-order valence-electron chi connectivity index (χ4n) is 2.17. The van der Waals surface area contributed by atoms with Gasteiger partial charge in [0.2, 0.25) is 0 Å². The number of hydrogen-bond donors (Lipinski definition) is 1. The Bertz CT molecular complexity index is 394. The van der Waals surface area contributed by atoms with Crippen LogP contribution in [-0.4, -0.2) is 25.7 Å². The Labute approximate surface area is 99.7 Å². The van der Waals surface area contributed by atoms with E-state index in [0.29, 0.717) is 5.02 Å². The van der Waals surface area contributed by atoms with Gasteiger partial charge in [0.15, 0.2) is 0 Å². The van der Waals surface area contributed by atoms with Crippen LogP contribution in [0.25, 0.3) is 0 Å². The van der Waals surface area contributed by atoms with Crippen molar-refractivity contribution in [1.82, 2.24) is 5.32 Å². The Balaban J connectivity index is 2.23. The van der Waals surface area contributed by atoms with Gasteiger partial charge >= 0.3 is 5.97 Å². The van der Waals surface area contributed by atoms with Gasteiger partial charge in [-0.25, -0.2) is 0 Å². The molecule has 0 aliphatic carbocycles. The molecule has 1 unspecified atom stereocenters. The number of methoxy groups -OCH3 is 1. The number of rotatable bonds is 2. The summed E-state index contributed by atoms with van der Waals surface area (Å²) in [6.07, 6.45) is 0.931. The van der Waals surface area contributed by atoms with E-state index in [2.05, 4.69) is 5.32 Å². The third-order valence-corrected chi connectivity index (χ3v) is 3.19. The molecule has 1 aliphatic heterocycles. The van der Waals surface area contributed by atoms with Gasteiger partial charge in [-0.3, -0.25) is 4.79 Å². The fraction of sp³-hybridized carbons (Fsp3) is 0.417. The number of ether oxygens (including phenoxy) is 1. The predicted molar refractivity (Wildman–Crippen MR) is 62.6 cm³/mol. The quantitative estimate of drug-likeness (QED) is 0.802. The Kier molecular flexibility index (Phi) is 3.46. The molecule has 0 amide bonds. The highest BCUT2D eigenvalue weighted by molar-refractivity contribution is 6.30. The predicted octanol–water partition coefficient (Wildman–Crippen LogP) is 1.96. The molecule has 4 heteroatoms. The molecule has 0 bridgehead atoms. The van der Waals surface area contributed by atoms with Crippen LogP contribution in [0.1, 0.15) is 17.9 Å². The number of halogens is 1. The maximum atomic E-state index is 11.6. The lowest BCUT2D eigenvalue weighted by Crippen LogP contribution is -2.35. The van der Waals surface area contributed by atoms with E-state index in [1.807, 2.05) is 24.3 Å². The first-order valence-corrected chi connectivity index (χ1v) is 5.67. The summed E-state index contributed by atoms with van der Waals surface area (Å²) in [6, 6.07) is 7.41. The smallest absolute Gasteiger partial charge is 0.323 e. The summed E-state index contributed by atoms with van der Waals surface area (Å²) in [5.74, 6) is -0.0476. The van der Waals surface area contributed by atoms with Gasteiger partial charge in [0.25, 0.3) is 0 Å². The van der Waals surface area contributed by atoms with E-state index in [4.69, 9.17) is 16.3 Å². The van der Waals surface area contributed by atoms with Crippen LogP contribution in [0.5, 0.6) is 0 Å². The maximum Gasteiger partial charge on any atom is 0.323 e. The molecule has 1 saturated heterocycles. The van der Waals surface area contributed by atoms with Gasteiger partial charge in [-0.15, -0.1) is 0 Å². The Morgan fingerprint density at radius 2 is 2.38 bits per heavy atom. The summed E-state index contributed by atoms with van der Waals surface area (Å²) in [4.78, 5) is 11.6. The van der Waals surface area contributed by atoms with Crippen LogP contribution in [0.4, 0.5) is 0 Å². The third kappa shape index (κ3) is 2.20. The second-order valence-corrected chi connectivity index (χ2v) is 4.34. The number of esters is 1. The SMILES string of the molecule is COC(=O)[C@@H]1NCCC1c1cccc(Cl)c1. The normalized spacial score (nSPS) is 24.4. The van der Waals surface area contributed by atoms with Crippen molar-refractivity contribution in [2.75, 3.05) is 13.7 Å². The van der Waals surface area contributed by atoms with Crippen molar-refractivity contribution in [2.24, 2.45) is 0 Å². The van der Waals surface area contributed by atoms with Crippen LogP contribution in [0.3, 0.4) is 0 Å². The molecular formula is C12H14ClNO2. The fourth-order valence-corrected chi connectivity index (χ4v) is 2.37. The maximum absolute atomic E-state index is 11.6. The van der Waals surface area contributed by atoms with E-state index in [1.165, 1.54) is 7.11 Å². The summed E-state index contributed by atoms with van der Waals surface area (Å²) in [5.41, 5.74) is 1.09. The van der Waals surface area contributed by atoms with Crippen molar-refractivity contribution >= 4 is 17.6 Å². The zero-order chi connectivity index (χ0) is 11.5. The van der Waals surface area contributed by atoms with Crippen molar-refractivity contribution in [1.29, 1.82) is 0 Å². The summed E-state index contributed by atoms with van der Waals surface area (Å²) in [6.45, 7) is 0.830. The first-order chi connectivity index (χ1) is 7.72. The van der Waals surface area contributed by atoms with Gasteiger partial charge in [-0.2, -0.15) is 0 Å². The molecule has 1 aromatic carbocycles. The lowest BCUT2D eigenvalue weighted by molar-refractivity contribution is -0.143. The van der Waals surface area contributed by atoms with E-state index in [-0.39, 0.29) is 17.9 Å². The summed E-state index contributed by atoms with van der Waals surface area (Å²) >= 11 is 5.95. The van der Waals surface area contributed by atoms with Gasteiger partial charge in [0.05, 0.1) is 7.11 Å². The standard InChI is InChI=1S/C12H14ClNO2/c1-16-12(15)11-10(5-6-14-11)8-3-2-4-9(13)7-8/h2-4,7,10-11,14H,5-6H2,1H3/t10?,11-/m1/s1. The van der Waals surface area contributed by atoms with Crippen molar-refractivity contribution in [2.45, 2.75) is 18.4 Å². The van der Waals surface area contributed by atoms with E-state index in [1.54, 1.807) is 0 Å². The minimum absolute atomic E-state index is 0.158. The average molecular weight is 240 g/mol. The minimum Gasteiger partial charge on any atom is -0.468 e. The summed E-state index contributed by atoms with van der Waals surface area (Å²) in [7, 11) is 1.41. The number of carbonyl (C=O) groups excluding carboxylic acids is 1. The van der Waals surface area contributed by atoms with Crippen molar-refractivity contribution < 1.29 is 9.53 Å². The molecule has 86 valence electrons. The minimum atomic E-state index is -0.247. The third-order valence-electron chi connectivity index (χ3n) is 2.95. The zero-order valence-corrected chi connectivity index (χ0v) is 9.83. The van der Waals surface area contributed by atoms with Crippen LogP contribution in [0, 0.1) is 0 Å². The van der Waals surface area contributed by atoms with E-state index >= 15 is 0 Å². The van der Waals surface area contributed by atoms with Crippen LogP contribution < -0.4 is 5.32 Å². The van der Waals surface area contributed by atoms with E-state index < -0.39 is 0 Å². The first-order valence-electron chi connectivity index (χ1n) is 5.29. The molecule has 1 aromatic rings. The van der Waals surface area contributed by atoms with Gasteiger partial charge in [0.1, 0.15) is 6.04 Å². The second kappa shape index (κ2) is 4.85. The molecule has 2 atom stereocenters. The second-order valence-electron chi connectivity index (χ2n) is 3.91. The number of hydrogen-bond acceptors (Lipinski definition) is 3. The molecule has 0 aromatic heterocycles.